The summed E-state index contributed by atoms with van der Waals surface area (Å²) in [5, 5.41) is 11.7. The van der Waals surface area contributed by atoms with Gasteiger partial charge in [-0.3, -0.25) is 0 Å². The van der Waals surface area contributed by atoms with Gasteiger partial charge in [-0.15, -0.1) is 0 Å². The molecule has 0 bridgehead atoms. The predicted octanol–water partition coefficient (Wildman–Crippen LogP) is 1.55. The molecule has 0 aromatic carbocycles. The molecule has 0 aliphatic carbocycles. The summed E-state index contributed by atoms with van der Waals surface area (Å²) in [5.41, 5.74) is 0. The highest BCUT2D eigenvalue weighted by molar-refractivity contribution is 5.82. The summed E-state index contributed by atoms with van der Waals surface area (Å²) in [6.07, 6.45) is 2.50. The van der Waals surface area contributed by atoms with Gasteiger partial charge in [0, 0.05) is 26.1 Å². The maximum atomic E-state index is 12.0. The third-order valence-electron chi connectivity index (χ3n) is 3.44. The molecule has 2 N–H and O–H groups in total. The number of aliphatic carboxylic acids is 1. The molecule has 0 saturated carbocycles. The van der Waals surface area contributed by atoms with Gasteiger partial charge in [-0.25, -0.2) is 9.59 Å². The molecule has 1 fully saturated rings. The fraction of sp³-hybridized carbons (Fsp3) is 0.857. The van der Waals surface area contributed by atoms with Crippen molar-refractivity contribution < 1.29 is 19.4 Å². The summed E-state index contributed by atoms with van der Waals surface area (Å²) in [4.78, 5) is 24.7. The van der Waals surface area contributed by atoms with E-state index >= 15 is 0 Å². The number of rotatable bonds is 6. The van der Waals surface area contributed by atoms with Crippen LogP contribution in [0.5, 0.6) is 0 Å². The first-order chi connectivity index (χ1) is 9.40. The number of carbonyl (C=O) groups excluding carboxylic acids is 1. The number of nitrogens with zero attached hydrogens (tertiary/aromatic N) is 1. The Hall–Kier alpha value is -1.30. The smallest absolute Gasteiger partial charge is 0.326 e. The molecular weight excluding hydrogens is 260 g/mol. The van der Waals surface area contributed by atoms with E-state index < -0.39 is 12.0 Å². The van der Waals surface area contributed by atoms with Crippen molar-refractivity contribution in [3.8, 4) is 0 Å². The average Bonchev–Trinajstić information content (AvgIpc) is 2.38. The Labute approximate surface area is 120 Å². The standard InChI is InChI=1S/C14H26N2O4/c1-10(2)7-12(13(17)18)15-14(19)16(3)8-11-5-4-6-20-9-11/h10-12H,4-9H2,1-3H3,(H,15,19)(H,17,18). The van der Waals surface area contributed by atoms with Gasteiger partial charge in [0.25, 0.3) is 0 Å². The van der Waals surface area contributed by atoms with Gasteiger partial charge in [0.1, 0.15) is 6.04 Å². The average molecular weight is 286 g/mol. The van der Waals surface area contributed by atoms with Crippen LogP contribution in [0.15, 0.2) is 0 Å². The highest BCUT2D eigenvalue weighted by Crippen LogP contribution is 2.14. The maximum absolute atomic E-state index is 12.0. The van der Waals surface area contributed by atoms with E-state index in [4.69, 9.17) is 9.84 Å². The molecule has 1 aliphatic rings. The molecule has 1 rings (SSSR count). The van der Waals surface area contributed by atoms with Gasteiger partial charge < -0.3 is 20.1 Å². The monoisotopic (exact) mass is 286 g/mol. The molecule has 6 nitrogen and oxygen atoms in total. The second-order valence-electron chi connectivity index (χ2n) is 5.93. The first-order valence-corrected chi connectivity index (χ1v) is 7.22. The summed E-state index contributed by atoms with van der Waals surface area (Å²) >= 11 is 0. The first-order valence-electron chi connectivity index (χ1n) is 7.22. The fourth-order valence-electron chi connectivity index (χ4n) is 2.37. The lowest BCUT2D eigenvalue weighted by Crippen LogP contribution is -2.48. The zero-order chi connectivity index (χ0) is 15.1. The highest BCUT2D eigenvalue weighted by Gasteiger charge is 2.24. The van der Waals surface area contributed by atoms with E-state index in [0.29, 0.717) is 25.5 Å². The second kappa shape index (κ2) is 8.09. The Balaban J connectivity index is 2.43. The summed E-state index contributed by atoms with van der Waals surface area (Å²) < 4.78 is 5.38. The van der Waals surface area contributed by atoms with Crippen LogP contribution in [0.25, 0.3) is 0 Å². The maximum Gasteiger partial charge on any atom is 0.326 e. The lowest BCUT2D eigenvalue weighted by molar-refractivity contribution is -0.139. The van der Waals surface area contributed by atoms with Crippen LogP contribution in [0.3, 0.4) is 0 Å². The molecular formula is C14H26N2O4. The molecule has 0 radical (unpaired) electrons. The van der Waals surface area contributed by atoms with Crippen molar-refractivity contribution in [3.05, 3.63) is 0 Å². The van der Waals surface area contributed by atoms with Crippen LogP contribution in [0.4, 0.5) is 4.79 Å². The van der Waals surface area contributed by atoms with Gasteiger partial charge in [0.15, 0.2) is 0 Å². The van der Waals surface area contributed by atoms with Crippen molar-refractivity contribution in [2.24, 2.45) is 11.8 Å². The number of ether oxygens (including phenoxy) is 1. The minimum absolute atomic E-state index is 0.216. The Morgan fingerprint density at radius 2 is 2.15 bits per heavy atom. The lowest BCUT2D eigenvalue weighted by Gasteiger charge is -2.28. The number of hydrogen-bond acceptors (Lipinski definition) is 3. The molecule has 20 heavy (non-hydrogen) atoms. The Bertz CT molecular complexity index is 327. The molecule has 2 atom stereocenters. The quantitative estimate of drug-likeness (QED) is 0.776. The van der Waals surface area contributed by atoms with Crippen molar-refractivity contribution in [1.29, 1.82) is 0 Å². The van der Waals surface area contributed by atoms with E-state index in [1.54, 1.807) is 11.9 Å². The van der Waals surface area contributed by atoms with Gasteiger partial charge in [0.05, 0.1) is 6.61 Å². The van der Waals surface area contributed by atoms with Crippen LogP contribution >= 0.6 is 0 Å². The molecule has 1 heterocycles. The number of carboxylic acid groups (broad SMARTS) is 1. The van der Waals surface area contributed by atoms with Crippen molar-refractivity contribution in [2.75, 3.05) is 26.8 Å². The van der Waals surface area contributed by atoms with Gasteiger partial charge in [-0.2, -0.15) is 0 Å². The minimum Gasteiger partial charge on any atom is -0.480 e. The summed E-state index contributed by atoms with van der Waals surface area (Å²) in [6.45, 7) is 5.93. The van der Waals surface area contributed by atoms with Crippen molar-refractivity contribution in [3.63, 3.8) is 0 Å². The molecule has 2 amide bonds. The van der Waals surface area contributed by atoms with Gasteiger partial charge in [-0.05, 0) is 25.2 Å². The summed E-state index contributed by atoms with van der Waals surface area (Å²) in [6, 6.07) is -1.16. The van der Waals surface area contributed by atoms with Crippen LogP contribution in [-0.2, 0) is 9.53 Å². The third kappa shape index (κ3) is 5.77. The van der Waals surface area contributed by atoms with Crippen LogP contribution in [0.2, 0.25) is 0 Å². The Morgan fingerprint density at radius 3 is 2.65 bits per heavy atom. The molecule has 1 saturated heterocycles. The highest BCUT2D eigenvalue weighted by atomic mass is 16.5. The SMILES string of the molecule is CC(C)CC(NC(=O)N(C)CC1CCCOC1)C(=O)O. The number of nitrogens with one attached hydrogen (secondary N) is 1. The van der Waals surface area contributed by atoms with E-state index in [-0.39, 0.29) is 11.9 Å². The number of carboxylic acids is 1. The van der Waals surface area contributed by atoms with E-state index in [2.05, 4.69) is 5.32 Å². The van der Waals surface area contributed by atoms with E-state index in [1.165, 1.54) is 0 Å². The molecule has 1 aliphatic heterocycles. The predicted molar refractivity (Wildman–Crippen MR) is 75.6 cm³/mol. The number of carbonyl (C=O) groups is 2. The summed E-state index contributed by atoms with van der Waals surface area (Å²) in [7, 11) is 1.69. The molecule has 116 valence electrons. The van der Waals surface area contributed by atoms with Crippen LogP contribution < -0.4 is 5.32 Å². The van der Waals surface area contributed by atoms with Crippen LogP contribution in [-0.4, -0.2) is 54.9 Å². The number of urea groups is 1. The van der Waals surface area contributed by atoms with E-state index in [1.807, 2.05) is 13.8 Å². The molecule has 0 spiro atoms. The Morgan fingerprint density at radius 1 is 1.45 bits per heavy atom. The second-order valence-corrected chi connectivity index (χ2v) is 5.93. The number of amides is 2. The lowest BCUT2D eigenvalue weighted by atomic mass is 10.0. The molecule has 2 unspecified atom stereocenters. The molecule has 0 aromatic rings. The van der Waals surface area contributed by atoms with Gasteiger partial charge >= 0.3 is 12.0 Å². The van der Waals surface area contributed by atoms with Crippen molar-refractivity contribution >= 4 is 12.0 Å². The van der Waals surface area contributed by atoms with Gasteiger partial charge in [-0.1, -0.05) is 13.8 Å². The van der Waals surface area contributed by atoms with Crippen molar-refractivity contribution in [2.45, 2.75) is 39.2 Å². The summed E-state index contributed by atoms with van der Waals surface area (Å²) in [5.74, 6) is -0.428. The van der Waals surface area contributed by atoms with E-state index in [0.717, 1.165) is 19.4 Å². The molecule has 6 heteroatoms. The topological polar surface area (TPSA) is 78.9 Å². The molecule has 0 aromatic heterocycles. The zero-order valence-electron chi connectivity index (χ0n) is 12.6. The Kier molecular flexibility index (Phi) is 6.78. The van der Waals surface area contributed by atoms with Crippen LogP contribution in [0.1, 0.15) is 33.1 Å². The van der Waals surface area contributed by atoms with Crippen molar-refractivity contribution in [1.82, 2.24) is 10.2 Å². The van der Waals surface area contributed by atoms with Crippen LogP contribution in [0, 0.1) is 11.8 Å². The normalized spacial score (nSPS) is 20.5. The first kappa shape index (κ1) is 16.8. The minimum atomic E-state index is -0.985. The fourth-order valence-corrected chi connectivity index (χ4v) is 2.37. The largest absolute Gasteiger partial charge is 0.480 e. The zero-order valence-corrected chi connectivity index (χ0v) is 12.6. The third-order valence-corrected chi connectivity index (χ3v) is 3.44. The van der Waals surface area contributed by atoms with Gasteiger partial charge in [0.2, 0.25) is 0 Å². The number of hydrogen-bond donors (Lipinski definition) is 2. The van der Waals surface area contributed by atoms with E-state index in [9.17, 15) is 9.59 Å².